The molecule has 4 heteroatoms. The van der Waals surface area contributed by atoms with Gasteiger partial charge in [-0.1, -0.05) is 22.9 Å². The molecular formula is C17H25BrFNO. The molecule has 1 atom stereocenters. The molecule has 0 aliphatic heterocycles. The van der Waals surface area contributed by atoms with Crippen LogP contribution in [0.15, 0.2) is 22.7 Å². The van der Waals surface area contributed by atoms with Crippen LogP contribution in [0, 0.1) is 11.7 Å². The Labute approximate surface area is 135 Å². The quantitative estimate of drug-likeness (QED) is 0.748. The van der Waals surface area contributed by atoms with E-state index in [4.69, 9.17) is 4.74 Å². The number of likely N-dealkylation sites (N-methyl/N-ethyl adjacent to an activating group) is 1. The average molecular weight is 358 g/mol. The van der Waals surface area contributed by atoms with Crippen molar-refractivity contribution in [3.8, 4) is 0 Å². The Bertz CT molecular complexity index is 448. The summed E-state index contributed by atoms with van der Waals surface area (Å²) < 4.78 is 20.0. The van der Waals surface area contributed by atoms with Crippen molar-refractivity contribution in [2.24, 2.45) is 5.92 Å². The zero-order valence-corrected chi connectivity index (χ0v) is 14.5. The van der Waals surface area contributed by atoms with Crippen LogP contribution in [0.5, 0.6) is 0 Å². The molecular weight excluding hydrogens is 333 g/mol. The van der Waals surface area contributed by atoms with Crippen molar-refractivity contribution in [3.05, 3.63) is 34.1 Å². The van der Waals surface area contributed by atoms with E-state index in [1.54, 1.807) is 12.1 Å². The lowest BCUT2D eigenvalue weighted by molar-refractivity contribution is -0.0289. The van der Waals surface area contributed by atoms with Crippen LogP contribution in [-0.4, -0.2) is 25.3 Å². The molecule has 0 aromatic heterocycles. The zero-order valence-electron chi connectivity index (χ0n) is 12.9. The highest BCUT2D eigenvalue weighted by Gasteiger charge is 2.31. The molecule has 1 fully saturated rings. The first-order valence-corrected chi connectivity index (χ1v) is 8.70. The van der Waals surface area contributed by atoms with E-state index < -0.39 is 0 Å². The average Bonchev–Trinajstić information content (AvgIpc) is 2.41. The fourth-order valence-corrected chi connectivity index (χ4v) is 3.54. The molecule has 0 radical (unpaired) electrons. The lowest BCUT2D eigenvalue weighted by atomic mass is 9.77. The van der Waals surface area contributed by atoms with Crippen molar-refractivity contribution >= 4 is 15.9 Å². The second-order valence-corrected chi connectivity index (χ2v) is 6.70. The molecule has 1 unspecified atom stereocenters. The largest absolute Gasteiger partial charge is 0.378 e. The molecule has 1 N–H and O–H groups in total. The Balaban J connectivity index is 1.89. The molecule has 118 valence electrons. The van der Waals surface area contributed by atoms with E-state index in [-0.39, 0.29) is 5.82 Å². The van der Waals surface area contributed by atoms with Crippen molar-refractivity contribution in [3.63, 3.8) is 0 Å². The summed E-state index contributed by atoms with van der Waals surface area (Å²) in [4.78, 5) is 0. The first kappa shape index (κ1) is 16.9. The predicted octanol–water partition coefficient (Wildman–Crippen LogP) is 4.31. The van der Waals surface area contributed by atoms with Gasteiger partial charge in [-0.3, -0.25) is 0 Å². The predicted molar refractivity (Wildman–Crippen MR) is 88.0 cm³/mol. The number of hydrogen-bond donors (Lipinski definition) is 1. The summed E-state index contributed by atoms with van der Waals surface area (Å²) in [5.41, 5.74) is 1.04. The Hall–Kier alpha value is -0.450. The first-order chi connectivity index (χ1) is 10.1. The highest BCUT2D eigenvalue weighted by Crippen LogP contribution is 2.34. The summed E-state index contributed by atoms with van der Waals surface area (Å²) in [5.74, 6) is 0.571. The molecule has 1 aromatic carbocycles. The maximum atomic E-state index is 13.4. The maximum Gasteiger partial charge on any atom is 0.123 e. The number of halogens is 2. The minimum atomic E-state index is -0.163. The summed E-state index contributed by atoms with van der Waals surface area (Å²) in [5, 5.41) is 3.54. The molecule has 1 aliphatic rings. The maximum absolute atomic E-state index is 13.4. The summed E-state index contributed by atoms with van der Waals surface area (Å²) in [7, 11) is 0. The van der Waals surface area contributed by atoms with Crippen LogP contribution in [0.25, 0.3) is 0 Å². The molecule has 1 aliphatic carbocycles. The third kappa shape index (κ3) is 5.04. The minimum absolute atomic E-state index is 0.163. The van der Waals surface area contributed by atoms with Gasteiger partial charge in [0.2, 0.25) is 0 Å². The smallest absolute Gasteiger partial charge is 0.123 e. The van der Waals surface area contributed by atoms with Crippen LogP contribution in [-0.2, 0) is 11.2 Å². The van der Waals surface area contributed by atoms with Gasteiger partial charge in [-0.05, 0) is 68.8 Å². The molecule has 1 aromatic rings. The SMILES string of the molecule is CCNC(Cc1cc(F)ccc1Br)CC1CC(OCC)C1. The van der Waals surface area contributed by atoms with Crippen molar-refractivity contribution in [1.29, 1.82) is 0 Å². The third-order valence-corrected chi connectivity index (χ3v) is 4.95. The normalized spacial score (nSPS) is 22.9. The topological polar surface area (TPSA) is 21.3 Å². The van der Waals surface area contributed by atoms with Crippen molar-refractivity contribution in [2.75, 3.05) is 13.2 Å². The van der Waals surface area contributed by atoms with E-state index in [0.717, 1.165) is 41.9 Å². The van der Waals surface area contributed by atoms with Gasteiger partial charge in [0.1, 0.15) is 5.82 Å². The fraction of sp³-hybridized carbons (Fsp3) is 0.647. The standard InChI is InChI=1S/C17H25BrFNO/c1-3-20-15(7-12-8-16(9-12)21-4-2)11-13-10-14(19)5-6-17(13)18/h5-6,10,12,15-16,20H,3-4,7-9,11H2,1-2H3. The van der Waals surface area contributed by atoms with E-state index in [0.29, 0.717) is 12.1 Å². The van der Waals surface area contributed by atoms with Gasteiger partial charge >= 0.3 is 0 Å². The van der Waals surface area contributed by atoms with Gasteiger partial charge < -0.3 is 10.1 Å². The highest BCUT2D eigenvalue weighted by atomic mass is 79.9. The van der Waals surface area contributed by atoms with E-state index >= 15 is 0 Å². The lowest BCUT2D eigenvalue weighted by Gasteiger charge is -2.37. The molecule has 1 saturated carbocycles. The Morgan fingerprint density at radius 1 is 1.38 bits per heavy atom. The molecule has 2 rings (SSSR count). The summed E-state index contributed by atoms with van der Waals surface area (Å²) in [6, 6.07) is 5.33. The van der Waals surface area contributed by atoms with E-state index in [1.165, 1.54) is 18.9 Å². The van der Waals surface area contributed by atoms with Gasteiger partial charge in [-0.2, -0.15) is 0 Å². The Morgan fingerprint density at radius 2 is 2.14 bits per heavy atom. The number of nitrogens with one attached hydrogen (secondary N) is 1. The van der Waals surface area contributed by atoms with Gasteiger partial charge in [0, 0.05) is 17.1 Å². The van der Waals surface area contributed by atoms with Crippen molar-refractivity contribution in [1.82, 2.24) is 5.32 Å². The zero-order chi connectivity index (χ0) is 15.2. The van der Waals surface area contributed by atoms with Crippen LogP contribution >= 0.6 is 15.9 Å². The number of rotatable bonds is 8. The summed E-state index contributed by atoms with van der Waals surface area (Å²) in [6.07, 6.45) is 4.80. The third-order valence-electron chi connectivity index (χ3n) is 4.18. The number of hydrogen-bond acceptors (Lipinski definition) is 2. The van der Waals surface area contributed by atoms with Gasteiger partial charge in [0.25, 0.3) is 0 Å². The van der Waals surface area contributed by atoms with Gasteiger partial charge in [0.05, 0.1) is 6.10 Å². The summed E-state index contributed by atoms with van der Waals surface area (Å²) in [6.45, 7) is 5.93. The van der Waals surface area contributed by atoms with Crippen molar-refractivity contribution in [2.45, 2.75) is 51.7 Å². The van der Waals surface area contributed by atoms with E-state index in [1.807, 2.05) is 0 Å². The highest BCUT2D eigenvalue weighted by molar-refractivity contribution is 9.10. The monoisotopic (exact) mass is 357 g/mol. The molecule has 0 heterocycles. The second kappa shape index (κ2) is 8.25. The molecule has 0 spiro atoms. The van der Waals surface area contributed by atoms with Crippen LogP contribution in [0.4, 0.5) is 4.39 Å². The van der Waals surface area contributed by atoms with Crippen LogP contribution < -0.4 is 5.32 Å². The van der Waals surface area contributed by atoms with Crippen molar-refractivity contribution < 1.29 is 9.13 Å². The van der Waals surface area contributed by atoms with Gasteiger partial charge in [-0.15, -0.1) is 0 Å². The number of benzene rings is 1. The van der Waals surface area contributed by atoms with Gasteiger partial charge in [0.15, 0.2) is 0 Å². The number of ether oxygens (including phenoxy) is 1. The Kier molecular flexibility index (Phi) is 6.65. The van der Waals surface area contributed by atoms with Gasteiger partial charge in [-0.25, -0.2) is 4.39 Å². The van der Waals surface area contributed by atoms with E-state index in [2.05, 4.69) is 35.1 Å². The Morgan fingerprint density at radius 3 is 2.81 bits per heavy atom. The first-order valence-electron chi connectivity index (χ1n) is 7.91. The van der Waals surface area contributed by atoms with E-state index in [9.17, 15) is 4.39 Å². The molecule has 21 heavy (non-hydrogen) atoms. The molecule has 0 bridgehead atoms. The molecule has 0 saturated heterocycles. The molecule has 2 nitrogen and oxygen atoms in total. The van der Waals surface area contributed by atoms with Crippen LogP contribution in [0.1, 0.15) is 38.7 Å². The second-order valence-electron chi connectivity index (χ2n) is 5.84. The summed E-state index contributed by atoms with van der Waals surface area (Å²) >= 11 is 3.52. The lowest BCUT2D eigenvalue weighted by Crippen LogP contribution is -2.39. The minimum Gasteiger partial charge on any atom is -0.378 e. The van der Waals surface area contributed by atoms with Crippen LogP contribution in [0.2, 0.25) is 0 Å². The fourth-order valence-electron chi connectivity index (χ4n) is 3.13. The molecule has 0 amide bonds. The van der Waals surface area contributed by atoms with Crippen LogP contribution in [0.3, 0.4) is 0 Å².